The highest BCUT2D eigenvalue weighted by atomic mass is 32.2. The van der Waals surface area contributed by atoms with Gasteiger partial charge in [0.1, 0.15) is 17.6 Å². The molecule has 0 aliphatic heterocycles. The largest absolute Gasteiger partial charge is 0.480 e. The van der Waals surface area contributed by atoms with Crippen LogP contribution in [0.25, 0.3) is 11.4 Å². The summed E-state index contributed by atoms with van der Waals surface area (Å²) < 4.78 is 17.2. The van der Waals surface area contributed by atoms with Crippen molar-refractivity contribution < 1.29 is 13.7 Å². The second kappa shape index (κ2) is 12.4. The molecule has 1 aliphatic carbocycles. The maximum absolute atomic E-state index is 12.0. The van der Waals surface area contributed by atoms with Crippen LogP contribution >= 0.6 is 0 Å². The van der Waals surface area contributed by atoms with E-state index in [2.05, 4.69) is 44.0 Å². The molecule has 206 valence electrons. The zero-order chi connectivity index (χ0) is 28.1. The Morgan fingerprint density at radius 3 is 2.64 bits per heavy atom. The van der Waals surface area contributed by atoms with Gasteiger partial charge >= 0.3 is 0 Å². The molecule has 3 aromatic heterocycles. The summed E-state index contributed by atoms with van der Waals surface area (Å²) in [6.07, 6.45) is 8.33. The summed E-state index contributed by atoms with van der Waals surface area (Å²) in [6, 6.07) is 3.66. The first-order valence-corrected chi connectivity index (χ1v) is 14.4. The summed E-state index contributed by atoms with van der Waals surface area (Å²) >= 11 is 0. The number of rotatable bonds is 11. The summed E-state index contributed by atoms with van der Waals surface area (Å²) in [4.78, 5) is 42.1. The highest BCUT2D eigenvalue weighted by Gasteiger charge is 2.32. The number of aromatic nitrogens is 5. The first-order valence-electron chi connectivity index (χ1n) is 12.8. The zero-order valence-corrected chi connectivity index (χ0v) is 23.9. The fourth-order valence-electron chi connectivity index (χ4n) is 4.04. The molecule has 2 atom stereocenters. The second-order valence-corrected chi connectivity index (χ2v) is 10.9. The van der Waals surface area contributed by atoms with Gasteiger partial charge in [0, 0.05) is 31.5 Å². The van der Waals surface area contributed by atoms with Gasteiger partial charge in [0.15, 0.2) is 23.8 Å². The van der Waals surface area contributed by atoms with E-state index >= 15 is 0 Å². The van der Waals surface area contributed by atoms with Gasteiger partial charge in [-0.25, -0.2) is 19.9 Å². The van der Waals surface area contributed by atoms with Crippen LogP contribution < -0.4 is 15.0 Å². The smallest absolute Gasteiger partial charge is 0.227 e. The van der Waals surface area contributed by atoms with Gasteiger partial charge in [0.25, 0.3) is 0 Å². The molecular formula is C27H34N8O3S. The number of carbonyl (C=O) groups excluding carboxylic acids is 1. The van der Waals surface area contributed by atoms with Crippen LogP contribution in [0.5, 0.6) is 5.88 Å². The maximum atomic E-state index is 12.0. The molecule has 0 aromatic carbocycles. The Morgan fingerprint density at radius 2 is 2.05 bits per heavy atom. The van der Waals surface area contributed by atoms with Gasteiger partial charge in [-0.1, -0.05) is 6.92 Å². The first-order chi connectivity index (χ1) is 18.8. The summed E-state index contributed by atoms with van der Waals surface area (Å²) in [5, 5.41) is 3.16. The molecule has 1 N–H and O–H groups in total. The lowest BCUT2D eigenvalue weighted by Crippen LogP contribution is -2.31. The van der Waals surface area contributed by atoms with Crippen molar-refractivity contribution in [2.24, 2.45) is 4.99 Å². The number of nitrogens with zero attached hydrogens (tertiary/aromatic N) is 7. The van der Waals surface area contributed by atoms with E-state index in [0.29, 0.717) is 57.3 Å². The molecular weight excluding hydrogens is 516 g/mol. The fraction of sp³-hybridized carbons (Fsp3) is 0.444. The lowest BCUT2D eigenvalue weighted by Gasteiger charge is -2.28. The molecule has 4 rings (SSSR count). The first kappa shape index (κ1) is 28.2. The van der Waals surface area contributed by atoms with E-state index in [0.717, 1.165) is 25.0 Å². The number of amidine groups is 1. The van der Waals surface area contributed by atoms with Crippen LogP contribution in [0, 0.1) is 6.92 Å². The van der Waals surface area contributed by atoms with Crippen LogP contribution in [0.15, 0.2) is 34.5 Å². The number of ether oxygens (including phenoxy) is 1. The highest BCUT2D eigenvalue weighted by Crippen LogP contribution is 2.45. The van der Waals surface area contributed by atoms with Crippen LogP contribution in [-0.4, -0.2) is 67.7 Å². The Kier molecular flexibility index (Phi) is 8.95. The third-order valence-corrected chi connectivity index (χ3v) is 7.69. The molecule has 0 amide bonds. The number of pyridine rings is 1. The van der Waals surface area contributed by atoms with Crippen LogP contribution in [0.4, 0.5) is 11.5 Å². The SMILES string of the molecule is CC[C@@H](C)N(C)c1nc(-c2c(OC)ncnc2C2CC2)nc(C)c1NC(C=O)=NCc1ccc(S(C)=O)cn1. The lowest BCUT2D eigenvalue weighted by atomic mass is 10.1. The minimum absolute atomic E-state index is 0.123. The molecule has 11 nitrogen and oxygen atoms in total. The average molecular weight is 551 g/mol. The number of methoxy groups -OCH3 is 1. The molecule has 1 unspecified atom stereocenters. The van der Waals surface area contributed by atoms with E-state index < -0.39 is 10.8 Å². The number of nitrogens with one attached hydrogen (secondary N) is 1. The standard InChI is InChI=1S/C27H34N8O3S/c1-7-16(2)35(4)26-23(33-21(14-36)29-12-19-10-11-20(13-28-19)39(6)37)17(3)32-25(34-26)22-24(18-8-9-18)30-15-31-27(22)38-5/h10-11,13-16,18H,7-9,12H2,1-6H3,(H,29,33)/t16-,39?/m1/s1. The van der Waals surface area contributed by atoms with Gasteiger partial charge < -0.3 is 15.0 Å². The van der Waals surface area contributed by atoms with E-state index in [1.165, 1.54) is 6.33 Å². The van der Waals surface area contributed by atoms with Crippen molar-refractivity contribution in [3.05, 3.63) is 41.7 Å². The quantitative estimate of drug-likeness (QED) is 0.214. The van der Waals surface area contributed by atoms with Gasteiger partial charge in [-0.2, -0.15) is 0 Å². The molecule has 0 radical (unpaired) electrons. The van der Waals surface area contributed by atoms with Gasteiger partial charge in [-0.05, 0) is 45.2 Å². The molecule has 12 heteroatoms. The maximum Gasteiger partial charge on any atom is 0.227 e. The van der Waals surface area contributed by atoms with Crippen molar-refractivity contribution in [1.82, 2.24) is 24.9 Å². The molecule has 0 saturated heterocycles. The number of hydrogen-bond acceptors (Lipinski definition) is 10. The lowest BCUT2D eigenvalue weighted by molar-refractivity contribution is -0.102. The Bertz CT molecular complexity index is 1390. The Balaban J connectivity index is 1.74. The third-order valence-electron chi connectivity index (χ3n) is 6.79. The minimum atomic E-state index is -1.11. The monoisotopic (exact) mass is 550 g/mol. The molecule has 1 fully saturated rings. The van der Waals surface area contributed by atoms with E-state index in [1.54, 1.807) is 31.7 Å². The molecule has 0 bridgehead atoms. The number of anilines is 2. The van der Waals surface area contributed by atoms with Gasteiger partial charge in [-0.15, -0.1) is 0 Å². The van der Waals surface area contributed by atoms with Crippen LogP contribution in [0.1, 0.15) is 56.1 Å². The van der Waals surface area contributed by atoms with Crippen molar-refractivity contribution in [2.75, 3.05) is 30.6 Å². The Labute approximate surface area is 231 Å². The van der Waals surface area contributed by atoms with E-state index in [9.17, 15) is 9.00 Å². The number of aryl methyl sites for hydroxylation is 1. The number of aliphatic imine (C=N–C) groups is 1. The highest BCUT2D eigenvalue weighted by molar-refractivity contribution is 7.84. The van der Waals surface area contributed by atoms with Gasteiger partial charge in [0.2, 0.25) is 5.88 Å². The minimum Gasteiger partial charge on any atom is -0.480 e. The summed E-state index contributed by atoms with van der Waals surface area (Å²) in [7, 11) is 2.43. The van der Waals surface area contributed by atoms with Gasteiger partial charge in [0.05, 0.1) is 46.4 Å². The predicted molar refractivity (Wildman–Crippen MR) is 152 cm³/mol. The Morgan fingerprint density at radius 1 is 1.28 bits per heavy atom. The topological polar surface area (TPSA) is 135 Å². The fourth-order valence-corrected chi connectivity index (χ4v) is 4.50. The number of carbonyl (C=O) groups is 1. The van der Waals surface area contributed by atoms with E-state index in [-0.39, 0.29) is 18.4 Å². The van der Waals surface area contributed by atoms with Crippen molar-refractivity contribution in [2.45, 2.75) is 63.4 Å². The predicted octanol–water partition coefficient (Wildman–Crippen LogP) is 3.70. The normalized spacial score (nSPS) is 15.0. The molecule has 0 spiro atoms. The number of aldehydes is 1. The van der Waals surface area contributed by atoms with Crippen molar-refractivity contribution in [3.63, 3.8) is 0 Å². The van der Waals surface area contributed by atoms with Crippen LogP contribution in [0.2, 0.25) is 0 Å². The number of hydrogen-bond donors (Lipinski definition) is 1. The van der Waals surface area contributed by atoms with Crippen molar-refractivity contribution in [1.29, 1.82) is 0 Å². The zero-order valence-electron chi connectivity index (χ0n) is 23.1. The van der Waals surface area contributed by atoms with Crippen LogP contribution in [-0.2, 0) is 22.1 Å². The summed E-state index contributed by atoms with van der Waals surface area (Å²) in [5.41, 5.74) is 3.46. The van der Waals surface area contributed by atoms with E-state index in [4.69, 9.17) is 14.7 Å². The molecule has 3 heterocycles. The van der Waals surface area contributed by atoms with Crippen molar-refractivity contribution in [3.8, 4) is 17.3 Å². The second-order valence-electron chi connectivity index (χ2n) is 9.50. The summed E-state index contributed by atoms with van der Waals surface area (Å²) in [6.45, 7) is 6.25. The molecule has 1 aliphatic rings. The van der Waals surface area contributed by atoms with E-state index in [1.807, 2.05) is 14.0 Å². The summed E-state index contributed by atoms with van der Waals surface area (Å²) in [5.74, 6) is 2.00. The van der Waals surface area contributed by atoms with Gasteiger partial charge in [-0.3, -0.25) is 19.0 Å². The van der Waals surface area contributed by atoms with Crippen molar-refractivity contribution >= 4 is 34.4 Å². The molecule has 3 aromatic rings. The average Bonchev–Trinajstić information content (AvgIpc) is 3.80. The molecule has 1 saturated carbocycles. The molecule has 39 heavy (non-hydrogen) atoms. The Hall–Kier alpha value is -3.80. The third kappa shape index (κ3) is 6.44. The van der Waals surface area contributed by atoms with Crippen LogP contribution in [0.3, 0.4) is 0 Å².